The van der Waals surface area contributed by atoms with Gasteiger partial charge in [0, 0.05) is 11.0 Å². The first-order valence-corrected chi connectivity index (χ1v) is 5.75. The Morgan fingerprint density at radius 2 is 2.00 bits per heavy atom. The summed E-state index contributed by atoms with van der Waals surface area (Å²) in [4.78, 5) is 10.9. The third kappa shape index (κ3) is 2.20. The van der Waals surface area contributed by atoms with Gasteiger partial charge in [-0.1, -0.05) is 19.9 Å². The summed E-state index contributed by atoms with van der Waals surface area (Å²) in [7, 11) is 0. The molecule has 1 heterocycles. The number of aliphatic carboxylic acids is 1. The van der Waals surface area contributed by atoms with Crippen molar-refractivity contribution in [2.45, 2.75) is 25.7 Å². The maximum absolute atomic E-state index is 10.9. The Morgan fingerprint density at radius 1 is 1.33 bits per heavy atom. The topological polar surface area (TPSA) is 76.0 Å². The minimum absolute atomic E-state index is 0.0292. The molecule has 2 rings (SSSR count). The molecule has 2 N–H and O–H groups in total. The Labute approximate surface area is 105 Å². The fourth-order valence-corrected chi connectivity index (χ4v) is 2.12. The van der Waals surface area contributed by atoms with Gasteiger partial charge in [0.15, 0.2) is 11.5 Å². The standard InChI is InChI=1S/C13H16O5/c1-13(2,7-10(14)15)8-3-4-9-12(11(8)16)18-6-5-17-9/h3-4,16H,5-7H2,1-2H3,(H,14,15). The zero-order valence-corrected chi connectivity index (χ0v) is 10.4. The van der Waals surface area contributed by atoms with Crippen molar-refractivity contribution in [2.24, 2.45) is 0 Å². The van der Waals surface area contributed by atoms with Crippen molar-refractivity contribution in [2.75, 3.05) is 13.2 Å². The second-order valence-corrected chi connectivity index (χ2v) is 4.94. The van der Waals surface area contributed by atoms with Gasteiger partial charge in [-0.05, 0) is 6.07 Å². The maximum atomic E-state index is 10.9. The predicted molar refractivity (Wildman–Crippen MR) is 64.4 cm³/mol. The highest BCUT2D eigenvalue weighted by molar-refractivity contribution is 5.70. The summed E-state index contributed by atoms with van der Waals surface area (Å²) in [5.41, 5.74) is -0.125. The van der Waals surface area contributed by atoms with Gasteiger partial charge in [0.25, 0.3) is 0 Å². The fraction of sp³-hybridized carbons (Fsp3) is 0.462. The number of carbonyl (C=O) groups is 1. The predicted octanol–water partition coefficient (Wildman–Crippen LogP) is 1.92. The molecule has 0 radical (unpaired) electrons. The summed E-state index contributed by atoms with van der Waals surface area (Å²) in [5, 5.41) is 19.1. The lowest BCUT2D eigenvalue weighted by Crippen LogP contribution is -2.23. The van der Waals surface area contributed by atoms with Crippen molar-refractivity contribution < 1.29 is 24.5 Å². The molecule has 5 nitrogen and oxygen atoms in total. The maximum Gasteiger partial charge on any atom is 0.304 e. The van der Waals surface area contributed by atoms with E-state index in [2.05, 4.69) is 0 Å². The lowest BCUT2D eigenvalue weighted by atomic mass is 9.81. The van der Waals surface area contributed by atoms with Crippen LogP contribution in [0.3, 0.4) is 0 Å². The van der Waals surface area contributed by atoms with Crippen LogP contribution >= 0.6 is 0 Å². The van der Waals surface area contributed by atoms with Crippen molar-refractivity contribution in [1.82, 2.24) is 0 Å². The minimum atomic E-state index is -0.908. The highest BCUT2D eigenvalue weighted by Gasteiger charge is 2.30. The molecule has 0 atom stereocenters. The number of aromatic hydroxyl groups is 1. The lowest BCUT2D eigenvalue weighted by molar-refractivity contribution is -0.138. The number of rotatable bonds is 3. The summed E-state index contributed by atoms with van der Waals surface area (Å²) in [5.74, 6) is -0.140. The molecular weight excluding hydrogens is 236 g/mol. The zero-order chi connectivity index (χ0) is 13.3. The van der Waals surface area contributed by atoms with Gasteiger partial charge in [-0.3, -0.25) is 4.79 Å². The summed E-state index contributed by atoms with van der Waals surface area (Å²) in [6.45, 7) is 4.37. The van der Waals surface area contributed by atoms with E-state index in [1.807, 2.05) is 0 Å². The second-order valence-electron chi connectivity index (χ2n) is 4.94. The number of fused-ring (bicyclic) bond motifs is 1. The summed E-state index contributed by atoms with van der Waals surface area (Å²) in [6.07, 6.45) is -0.0692. The van der Waals surface area contributed by atoms with Gasteiger partial charge in [0.05, 0.1) is 6.42 Å². The van der Waals surface area contributed by atoms with E-state index >= 15 is 0 Å². The average molecular weight is 252 g/mol. The third-order valence-electron chi connectivity index (χ3n) is 3.00. The van der Waals surface area contributed by atoms with E-state index in [-0.39, 0.29) is 12.2 Å². The molecule has 0 unspecified atom stereocenters. The third-order valence-corrected chi connectivity index (χ3v) is 3.00. The Kier molecular flexibility index (Phi) is 3.07. The van der Waals surface area contributed by atoms with Gasteiger partial charge < -0.3 is 19.7 Å². The molecular formula is C13H16O5. The van der Waals surface area contributed by atoms with Crippen molar-refractivity contribution >= 4 is 5.97 Å². The number of phenolic OH excluding ortho intramolecular Hbond substituents is 1. The first-order chi connectivity index (χ1) is 8.42. The molecule has 0 aromatic heterocycles. The first kappa shape index (κ1) is 12.5. The second kappa shape index (κ2) is 4.40. The van der Waals surface area contributed by atoms with E-state index in [0.29, 0.717) is 30.3 Å². The Balaban J connectivity index is 2.43. The SMILES string of the molecule is CC(C)(CC(=O)O)c1ccc2c(c1O)OCCO2. The van der Waals surface area contributed by atoms with E-state index < -0.39 is 11.4 Å². The van der Waals surface area contributed by atoms with Crippen LogP contribution < -0.4 is 9.47 Å². The molecule has 0 bridgehead atoms. The zero-order valence-electron chi connectivity index (χ0n) is 10.4. The van der Waals surface area contributed by atoms with Crippen molar-refractivity contribution in [3.8, 4) is 17.2 Å². The molecule has 1 aromatic carbocycles. The molecule has 0 spiro atoms. The van der Waals surface area contributed by atoms with E-state index in [4.69, 9.17) is 14.6 Å². The van der Waals surface area contributed by atoms with Crippen molar-refractivity contribution in [3.63, 3.8) is 0 Å². The van der Waals surface area contributed by atoms with Gasteiger partial charge in [-0.2, -0.15) is 0 Å². The summed E-state index contributed by atoms with van der Waals surface area (Å²) in [6, 6.07) is 3.39. The van der Waals surface area contributed by atoms with Crippen LogP contribution in [0.5, 0.6) is 17.2 Å². The molecule has 1 aromatic rings. The molecule has 5 heteroatoms. The van der Waals surface area contributed by atoms with Gasteiger partial charge in [-0.15, -0.1) is 0 Å². The van der Waals surface area contributed by atoms with Crippen molar-refractivity contribution in [1.29, 1.82) is 0 Å². The quantitative estimate of drug-likeness (QED) is 0.859. The van der Waals surface area contributed by atoms with E-state index in [9.17, 15) is 9.90 Å². The van der Waals surface area contributed by atoms with Gasteiger partial charge in [0.2, 0.25) is 5.75 Å². The van der Waals surface area contributed by atoms with Crippen LogP contribution in [0.2, 0.25) is 0 Å². The first-order valence-electron chi connectivity index (χ1n) is 5.75. The van der Waals surface area contributed by atoms with E-state index in [0.717, 1.165) is 0 Å². The van der Waals surface area contributed by atoms with Gasteiger partial charge >= 0.3 is 5.97 Å². The molecule has 0 aliphatic carbocycles. The summed E-state index contributed by atoms with van der Waals surface area (Å²) >= 11 is 0. The largest absolute Gasteiger partial charge is 0.504 e. The molecule has 0 saturated heterocycles. The molecule has 0 saturated carbocycles. The van der Waals surface area contributed by atoms with Crippen LogP contribution in [0.15, 0.2) is 12.1 Å². The number of hydrogen-bond donors (Lipinski definition) is 2. The fourth-order valence-electron chi connectivity index (χ4n) is 2.12. The van der Waals surface area contributed by atoms with Gasteiger partial charge in [-0.25, -0.2) is 0 Å². The minimum Gasteiger partial charge on any atom is -0.504 e. The van der Waals surface area contributed by atoms with Crippen LogP contribution in [0.25, 0.3) is 0 Å². The lowest BCUT2D eigenvalue weighted by Gasteiger charge is -2.27. The average Bonchev–Trinajstić information content (AvgIpc) is 2.27. The highest BCUT2D eigenvalue weighted by atomic mass is 16.6. The Morgan fingerprint density at radius 3 is 2.67 bits per heavy atom. The van der Waals surface area contributed by atoms with Crippen molar-refractivity contribution in [3.05, 3.63) is 17.7 Å². The Hall–Kier alpha value is -1.91. The van der Waals surface area contributed by atoms with Gasteiger partial charge in [0.1, 0.15) is 13.2 Å². The number of ether oxygens (including phenoxy) is 2. The number of carboxylic acids is 1. The number of benzene rings is 1. The number of hydrogen-bond acceptors (Lipinski definition) is 4. The smallest absolute Gasteiger partial charge is 0.304 e. The molecule has 1 aliphatic rings. The number of carboxylic acid groups (broad SMARTS) is 1. The molecule has 0 fully saturated rings. The monoisotopic (exact) mass is 252 g/mol. The molecule has 18 heavy (non-hydrogen) atoms. The highest BCUT2D eigenvalue weighted by Crippen LogP contribution is 2.45. The molecule has 98 valence electrons. The molecule has 1 aliphatic heterocycles. The van der Waals surface area contributed by atoms with Crippen LogP contribution in [-0.2, 0) is 10.2 Å². The molecule has 0 amide bonds. The van der Waals surface area contributed by atoms with Crippen LogP contribution in [0.4, 0.5) is 0 Å². The van der Waals surface area contributed by atoms with Crippen LogP contribution in [-0.4, -0.2) is 29.4 Å². The van der Waals surface area contributed by atoms with Crippen LogP contribution in [0.1, 0.15) is 25.8 Å². The summed E-state index contributed by atoms with van der Waals surface area (Å²) < 4.78 is 10.7. The number of phenols is 1. The van der Waals surface area contributed by atoms with Crippen LogP contribution in [0, 0.1) is 0 Å². The Bertz CT molecular complexity index is 479. The normalized spacial score (nSPS) is 14.3. The van der Waals surface area contributed by atoms with E-state index in [1.165, 1.54) is 0 Å². The van der Waals surface area contributed by atoms with E-state index in [1.54, 1.807) is 26.0 Å².